The summed E-state index contributed by atoms with van der Waals surface area (Å²) in [5, 5.41) is 6.20. The van der Waals surface area contributed by atoms with Crippen LogP contribution in [0.3, 0.4) is 0 Å². The number of nitrogens with one attached hydrogen (secondary N) is 2. The summed E-state index contributed by atoms with van der Waals surface area (Å²) in [6.45, 7) is 8.79. The summed E-state index contributed by atoms with van der Waals surface area (Å²) < 4.78 is 0. The van der Waals surface area contributed by atoms with Crippen molar-refractivity contribution >= 4 is 11.6 Å². The number of hydrogen-bond acceptors (Lipinski definition) is 2. The van der Waals surface area contributed by atoms with Gasteiger partial charge in [-0.2, -0.15) is 0 Å². The van der Waals surface area contributed by atoms with E-state index in [1.807, 2.05) is 31.2 Å². The average molecular weight is 248 g/mol. The van der Waals surface area contributed by atoms with Crippen LogP contribution in [0.1, 0.15) is 39.2 Å². The van der Waals surface area contributed by atoms with Gasteiger partial charge < -0.3 is 10.6 Å². The van der Waals surface area contributed by atoms with E-state index in [-0.39, 0.29) is 11.4 Å². The molecule has 0 atom stereocenters. The van der Waals surface area contributed by atoms with Gasteiger partial charge in [-0.05, 0) is 38.8 Å². The Bertz CT molecular complexity index is 380. The fourth-order valence-corrected chi connectivity index (χ4v) is 1.64. The van der Waals surface area contributed by atoms with Gasteiger partial charge in [-0.3, -0.25) is 4.79 Å². The molecule has 2 N–H and O–H groups in total. The van der Waals surface area contributed by atoms with E-state index in [4.69, 9.17) is 0 Å². The molecule has 3 heteroatoms. The van der Waals surface area contributed by atoms with Crippen LogP contribution in [0.15, 0.2) is 24.3 Å². The Morgan fingerprint density at radius 1 is 1.17 bits per heavy atom. The number of anilines is 1. The third-order valence-corrected chi connectivity index (χ3v) is 3.57. The number of benzene rings is 1. The normalized spacial score (nSPS) is 11.3. The first-order valence-electron chi connectivity index (χ1n) is 6.60. The molecule has 0 aliphatic heterocycles. The quantitative estimate of drug-likeness (QED) is 0.812. The Labute approximate surface area is 110 Å². The summed E-state index contributed by atoms with van der Waals surface area (Å²) in [6.07, 6.45) is 2.03. The number of hydrogen-bond donors (Lipinski definition) is 2. The summed E-state index contributed by atoms with van der Waals surface area (Å²) in [5.41, 5.74) is 2.09. The third kappa shape index (κ3) is 4.49. The van der Waals surface area contributed by atoms with Crippen LogP contribution in [0.25, 0.3) is 0 Å². The van der Waals surface area contributed by atoms with Crippen LogP contribution >= 0.6 is 0 Å². The second-order valence-corrected chi connectivity index (χ2v) is 5.04. The fraction of sp³-hybridized carbons (Fsp3) is 0.533. The van der Waals surface area contributed by atoms with Crippen molar-refractivity contribution in [3.05, 3.63) is 29.8 Å². The van der Waals surface area contributed by atoms with Crippen molar-refractivity contribution in [1.82, 2.24) is 5.32 Å². The SMILES string of the molecule is CCC(C)(CC)NCC(=O)Nc1ccc(C)cc1. The Morgan fingerprint density at radius 2 is 1.72 bits per heavy atom. The van der Waals surface area contributed by atoms with Gasteiger partial charge in [0.15, 0.2) is 0 Å². The van der Waals surface area contributed by atoms with E-state index < -0.39 is 0 Å². The first-order valence-corrected chi connectivity index (χ1v) is 6.60. The molecule has 1 rings (SSSR count). The molecule has 3 nitrogen and oxygen atoms in total. The molecule has 0 fully saturated rings. The number of amides is 1. The minimum Gasteiger partial charge on any atom is -0.325 e. The van der Waals surface area contributed by atoms with E-state index in [0.717, 1.165) is 18.5 Å². The highest BCUT2D eigenvalue weighted by atomic mass is 16.1. The zero-order chi connectivity index (χ0) is 13.6. The molecule has 0 unspecified atom stereocenters. The summed E-state index contributed by atoms with van der Waals surface area (Å²) in [7, 11) is 0. The Hall–Kier alpha value is -1.35. The van der Waals surface area contributed by atoms with Crippen molar-refractivity contribution < 1.29 is 4.79 Å². The third-order valence-electron chi connectivity index (χ3n) is 3.57. The van der Waals surface area contributed by atoms with Crippen LogP contribution in [0, 0.1) is 6.92 Å². The molecule has 0 bridgehead atoms. The van der Waals surface area contributed by atoms with Gasteiger partial charge in [0.2, 0.25) is 5.91 Å². The van der Waals surface area contributed by atoms with E-state index in [1.54, 1.807) is 0 Å². The number of carbonyl (C=O) groups excluding carboxylic acids is 1. The van der Waals surface area contributed by atoms with E-state index in [9.17, 15) is 4.79 Å². The molecule has 100 valence electrons. The van der Waals surface area contributed by atoms with E-state index in [2.05, 4.69) is 31.4 Å². The molecule has 0 aliphatic carbocycles. The number of carbonyl (C=O) groups is 1. The van der Waals surface area contributed by atoms with Gasteiger partial charge in [0.25, 0.3) is 0 Å². The van der Waals surface area contributed by atoms with E-state index in [0.29, 0.717) is 6.54 Å². The molecule has 18 heavy (non-hydrogen) atoms. The zero-order valence-corrected chi connectivity index (χ0v) is 11.8. The second-order valence-electron chi connectivity index (χ2n) is 5.04. The van der Waals surface area contributed by atoms with E-state index in [1.165, 1.54) is 5.56 Å². The van der Waals surface area contributed by atoms with Crippen LogP contribution in [-0.2, 0) is 4.79 Å². The molecule has 1 amide bonds. The molecular formula is C15H24N2O. The average Bonchev–Trinajstić information content (AvgIpc) is 2.39. The maximum Gasteiger partial charge on any atom is 0.238 e. The Morgan fingerprint density at radius 3 is 2.22 bits per heavy atom. The lowest BCUT2D eigenvalue weighted by molar-refractivity contribution is -0.115. The van der Waals surface area contributed by atoms with Crippen molar-refractivity contribution in [3.63, 3.8) is 0 Å². The lowest BCUT2D eigenvalue weighted by Crippen LogP contribution is -2.45. The van der Waals surface area contributed by atoms with Gasteiger partial charge in [-0.1, -0.05) is 31.5 Å². The van der Waals surface area contributed by atoms with Crippen LogP contribution in [0.2, 0.25) is 0 Å². The molecule has 0 spiro atoms. The molecule has 1 aromatic rings. The van der Waals surface area contributed by atoms with Gasteiger partial charge in [-0.25, -0.2) is 0 Å². The van der Waals surface area contributed by atoms with Crippen molar-refractivity contribution in [2.45, 2.75) is 46.1 Å². The van der Waals surface area contributed by atoms with Crippen LogP contribution in [0.4, 0.5) is 5.69 Å². The maximum atomic E-state index is 11.8. The van der Waals surface area contributed by atoms with Crippen LogP contribution < -0.4 is 10.6 Å². The van der Waals surface area contributed by atoms with Crippen molar-refractivity contribution in [3.8, 4) is 0 Å². The molecule has 0 aliphatic rings. The topological polar surface area (TPSA) is 41.1 Å². The molecular weight excluding hydrogens is 224 g/mol. The maximum absolute atomic E-state index is 11.8. The summed E-state index contributed by atoms with van der Waals surface area (Å²) >= 11 is 0. The predicted octanol–water partition coefficient (Wildman–Crippen LogP) is 3.10. The Balaban J connectivity index is 2.45. The Kier molecular flexibility index (Phi) is 5.35. The highest BCUT2D eigenvalue weighted by Gasteiger charge is 2.19. The van der Waals surface area contributed by atoms with E-state index >= 15 is 0 Å². The summed E-state index contributed by atoms with van der Waals surface area (Å²) in [4.78, 5) is 11.8. The number of rotatable bonds is 6. The standard InChI is InChI=1S/C15H24N2O/c1-5-15(4,6-2)16-11-14(18)17-13-9-7-12(3)8-10-13/h7-10,16H,5-6,11H2,1-4H3,(H,17,18). The summed E-state index contributed by atoms with van der Waals surface area (Å²) in [6, 6.07) is 7.83. The molecule has 0 aromatic heterocycles. The lowest BCUT2D eigenvalue weighted by atomic mass is 9.96. The lowest BCUT2D eigenvalue weighted by Gasteiger charge is -2.28. The molecule has 0 heterocycles. The van der Waals surface area contributed by atoms with Crippen LogP contribution in [-0.4, -0.2) is 18.0 Å². The first kappa shape index (κ1) is 14.7. The summed E-state index contributed by atoms with van der Waals surface area (Å²) in [5.74, 6) is 0.00646. The zero-order valence-electron chi connectivity index (χ0n) is 11.8. The molecule has 1 aromatic carbocycles. The van der Waals surface area contributed by atoms with Crippen molar-refractivity contribution in [1.29, 1.82) is 0 Å². The van der Waals surface area contributed by atoms with Crippen molar-refractivity contribution in [2.75, 3.05) is 11.9 Å². The molecule has 0 saturated heterocycles. The minimum atomic E-state index is 0.00646. The monoisotopic (exact) mass is 248 g/mol. The highest BCUT2D eigenvalue weighted by molar-refractivity contribution is 5.92. The fourth-order valence-electron chi connectivity index (χ4n) is 1.64. The first-order chi connectivity index (χ1) is 8.49. The molecule has 0 saturated carbocycles. The van der Waals surface area contributed by atoms with Gasteiger partial charge in [-0.15, -0.1) is 0 Å². The smallest absolute Gasteiger partial charge is 0.238 e. The minimum absolute atomic E-state index is 0.00646. The predicted molar refractivity (Wildman–Crippen MR) is 76.8 cm³/mol. The van der Waals surface area contributed by atoms with Crippen LogP contribution in [0.5, 0.6) is 0 Å². The molecule has 0 radical (unpaired) electrons. The highest BCUT2D eigenvalue weighted by Crippen LogP contribution is 2.13. The second kappa shape index (κ2) is 6.55. The van der Waals surface area contributed by atoms with Crippen molar-refractivity contribution in [2.24, 2.45) is 0 Å². The van der Waals surface area contributed by atoms with Gasteiger partial charge in [0.05, 0.1) is 6.54 Å². The van der Waals surface area contributed by atoms with Gasteiger partial charge in [0, 0.05) is 11.2 Å². The van der Waals surface area contributed by atoms with Gasteiger partial charge in [0.1, 0.15) is 0 Å². The van der Waals surface area contributed by atoms with Gasteiger partial charge >= 0.3 is 0 Å². The number of aryl methyl sites for hydroxylation is 1. The largest absolute Gasteiger partial charge is 0.325 e.